The molecule has 146 valence electrons. The van der Waals surface area contributed by atoms with Crippen molar-refractivity contribution >= 4 is 17.8 Å². The highest BCUT2D eigenvalue weighted by Gasteiger charge is 2.37. The van der Waals surface area contributed by atoms with E-state index in [1.165, 1.54) is 4.90 Å². The number of methoxy groups -OCH3 is 2. The average molecular weight is 375 g/mol. The van der Waals surface area contributed by atoms with Gasteiger partial charge in [0.15, 0.2) is 0 Å². The minimum Gasteiger partial charge on any atom is -0.497 e. The Labute approximate surface area is 158 Å². The fourth-order valence-corrected chi connectivity index (χ4v) is 3.64. The molecule has 0 saturated carbocycles. The number of carbonyl (C=O) groups is 3. The van der Waals surface area contributed by atoms with Crippen molar-refractivity contribution in [2.45, 2.75) is 31.7 Å². The Bertz CT molecular complexity index is 712. The van der Waals surface area contributed by atoms with Gasteiger partial charge in [0.2, 0.25) is 11.8 Å². The number of hydrogen-bond acceptors (Lipinski definition) is 5. The molecule has 2 aliphatic heterocycles. The van der Waals surface area contributed by atoms with Gasteiger partial charge in [0.1, 0.15) is 11.5 Å². The molecule has 2 fully saturated rings. The van der Waals surface area contributed by atoms with E-state index in [1.54, 1.807) is 14.2 Å². The molecular weight excluding hydrogens is 350 g/mol. The summed E-state index contributed by atoms with van der Waals surface area (Å²) in [5.41, 5.74) is 0.959. The molecular formula is C19H25N3O5. The predicted octanol–water partition coefficient (Wildman–Crippen LogP) is 1.18. The second-order valence-electron chi connectivity index (χ2n) is 6.71. The molecule has 2 aliphatic rings. The summed E-state index contributed by atoms with van der Waals surface area (Å²) in [5.74, 6) is 1.31. The lowest BCUT2D eigenvalue weighted by molar-refractivity contribution is -0.133. The Kier molecular flexibility index (Phi) is 5.83. The Morgan fingerprint density at radius 2 is 1.93 bits per heavy atom. The number of aryl methyl sites for hydroxylation is 1. The average Bonchev–Trinajstić information content (AvgIpc) is 3.04. The van der Waals surface area contributed by atoms with Gasteiger partial charge >= 0.3 is 6.03 Å². The van der Waals surface area contributed by atoms with Crippen LogP contribution in [0.25, 0.3) is 0 Å². The van der Waals surface area contributed by atoms with Crippen LogP contribution in [0.4, 0.5) is 4.79 Å². The zero-order valence-corrected chi connectivity index (χ0v) is 15.7. The third kappa shape index (κ3) is 4.15. The third-order valence-corrected chi connectivity index (χ3v) is 5.16. The summed E-state index contributed by atoms with van der Waals surface area (Å²) in [6.45, 7) is 1.18. The van der Waals surface area contributed by atoms with Gasteiger partial charge < -0.3 is 19.7 Å². The van der Waals surface area contributed by atoms with Crippen LogP contribution in [0.1, 0.15) is 24.8 Å². The minimum absolute atomic E-state index is 0.0711. The van der Waals surface area contributed by atoms with Crippen LogP contribution in [0.5, 0.6) is 11.5 Å². The topological polar surface area (TPSA) is 88.2 Å². The molecule has 1 aromatic carbocycles. The maximum Gasteiger partial charge on any atom is 0.324 e. The molecule has 0 bridgehead atoms. The number of urea groups is 1. The largest absolute Gasteiger partial charge is 0.497 e. The molecule has 1 aromatic rings. The number of piperidine rings is 1. The third-order valence-electron chi connectivity index (χ3n) is 5.16. The van der Waals surface area contributed by atoms with Crippen LogP contribution in [-0.4, -0.2) is 67.5 Å². The van der Waals surface area contributed by atoms with Crippen LogP contribution in [0, 0.1) is 0 Å². The van der Waals surface area contributed by atoms with E-state index < -0.39 is 0 Å². The molecule has 2 heterocycles. The van der Waals surface area contributed by atoms with Gasteiger partial charge in [-0.1, -0.05) is 6.07 Å². The van der Waals surface area contributed by atoms with E-state index in [0.29, 0.717) is 50.3 Å². The number of amides is 4. The minimum atomic E-state index is -0.323. The number of imide groups is 1. The maximum atomic E-state index is 12.6. The summed E-state index contributed by atoms with van der Waals surface area (Å²) in [5, 5.41) is 2.54. The van der Waals surface area contributed by atoms with E-state index in [-0.39, 0.29) is 30.4 Å². The molecule has 0 spiro atoms. The van der Waals surface area contributed by atoms with Gasteiger partial charge in [-0.05, 0) is 30.9 Å². The van der Waals surface area contributed by atoms with Crippen molar-refractivity contribution in [2.75, 3.05) is 33.9 Å². The first kappa shape index (κ1) is 19.0. The van der Waals surface area contributed by atoms with Crippen molar-refractivity contribution in [3.8, 4) is 11.5 Å². The summed E-state index contributed by atoms with van der Waals surface area (Å²) in [7, 11) is 3.20. The van der Waals surface area contributed by atoms with Gasteiger partial charge in [-0.2, -0.15) is 0 Å². The lowest BCUT2D eigenvalue weighted by atomic mass is 10.0. The number of nitrogens with zero attached hydrogens (tertiary/aromatic N) is 2. The molecule has 27 heavy (non-hydrogen) atoms. The van der Waals surface area contributed by atoms with Gasteiger partial charge in [-0.3, -0.25) is 14.5 Å². The van der Waals surface area contributed by atoms with Crippen LogP contribution < -0.4 is 14.8 Å². The van der Waals surface area contributed by atoms with E-state index in [9.17, 15) is 14.4 Å². The van der Waals surface area contributed by atoms with Gasteiger partial charge in [0, 0.05) is 31.6 Å². The molecule has 0 atom stereocenters. The number of ether oxygens (including phenoxy) is 2. The molecule has 4 amide bonds. The summed E-state index contributed by atoms with van der Waals surface area (Å²) >= 11 is 0. The summed E-state index contributed by atoms with van der Waals surface area (Å²) in [6, 6.07) is 5.13. The lowest BCUT2D eigenvalue weighted by Gasteiger charge is -2.35. The van der Waals surface area contributed by atoms with Gasteiger partial charge in [-0.15, -0.1) is 0 Å². The summed E-state index contributed by atoms with van der Waals surface area (Å²) in [4.78, 5) is 39.2. The van der Waals surface area contributed by atoms with Crippen LogP contribution in [0.15, 0.2) is 18.2 Å². The maximum absolute atomic E-state index is 12.6. The smallest absolute Gasteiger partial charge is 0.324 e. The van der Waals surface area contributed by atoms with Gasteiger partial charge in [-0.25, -0.2) is 4.79 Å². The first-order valence-electron chi connectivity index (χ1n) is 9.12. The van der Waals surface area contributed by atoms with Crippen LogP contribution in [0.2, 0.25) is 0 Å². The number of likely N-dealkylation sites (tertiary alicyclic amines) is 1. The van der Waals surface area contributed by atoms with Crippen molar-refractivity contribution in [1.29, 1.82) is 0 Å². The normalized spacial score (nSPS) is 17.9. The molecule has 0 unspecified atom stereocenters. The van der Waals surface area contributed by atoms with Crippen molar-refractivity contribution < 1.29 is 23.9 Å². The van der Waals surface area contributed by atoms with Crippen molar-refractivity contribution in [3.63, 3.8) is 0 Å². The first-order valence-corrected chi connectivity index (χ1v) is 9.12. The SMILES string of the molecule is COc1ccc(CCC(=O)N2CCC(N3C(=O)CNC3=O)CC2)c(OC)c1. The number of benzene rings is 1. The van der Waals surface area contributed by atoms with E-state index in [2.05, 4.69) is 5.32 Å². The highest BCUT2D eigenvalue weighted by molar-refractivity contribution is 6.02. The second kappa shape index (κ2) is 8.28. The Balaban J connectivity index is 1.51. The highest BCUT2D eigenvalue weighted by Crippen LogP contribution is 2.26. The quantitative estimate of drug-likeness (QED) is 0.755. The molecule has 2 saturated heterocycles. The number of rotatable bonds is 6. The predicted molar refractivity (Wildman–Crippen MR) is 97.7 cm³/mol. The molecule has 1 N–H and O–H groups in total. The molecule has 0 aromatic heterocycles. The number of nitrogens with one attached hydrogen (secondary N) is 1. The fourth-order valence-electron chi connectivity index (χ4n) is 3.64. The zero-order chi connectivity index (χ0) is 19.4. The fraction of sp³-hybridized carbons (Fsp3) is 0.526. The Morgan fingerprint density at radius 1 is 1.19 bits per heavy atom. The van der Waals surface area contributed by atoms with E-state index in [4.69, 9.17) is 9.47 Å². The van der Waals surface area contributed by atoms with Gasteiger partial charge in [0.05, 0.1) is 20.8 Å². The lowest BCUT2D eigenvalue weighted by Crippen LogP contribution is -2.49. The number of carbonyl (C=O) groups excluding carboxylic acids is 3. The van der Waals surface area contributed by atoms with Crippen LogP contribution in [-0.2, 0) is 16.0 Å². The Hall–Kier alpha value is -2.77. The molecule has 8 heteroatoms. The molecule has 3 rings (SSSR count). The van der Waals surface area contributed by atoms with Crippen molar-refractivity contribution in [1.82, 2.24) is 15.1 Å². The zero-order valence-electron chi connectivity index (χ0n) is 15.7. The summed E-state index contributed by atoms with van der Waals surface area (Å²) in [6.07, 6.45) is 2.21. The molecule has 8 nitrogen and oxygen atoms in total. The van der Waals surface area contributed by atoms with E-state index >= 15 is 0 Å². The van der Waals surface area contributed by atoms with Crippen LogP contribution >= 0.6 is 0 Å². The van der Waals surface area contributed by atoms with E-state index in [0.717, 1.165) is 5.56 Å². The van der Waals surface area contributed by atoms with Gasteiger partial charge in [0.25, 0.3) is 0 Å². The van der Waals surface area contributed by atoms with Crippen molar-refractivity contribution in [3.05, 3.63) is 23.8 Å². The second-order valence-corrected chi connectivity index (χ2v) is 6.71. The first-order chi connectivity index (χ1) is 13.0. The monoisotopic (exact) mass is 375 g/mol. The molecule has 0 radical (unpaired) electrons. The standard InChI is InChI=1S/C19H25N3O5/c1-26-15-5-3-13(16(11-15)27-2)4-6-17(23)21-9-7-14(8-10-21)22-18(24)12-20-19(22)25/h3,5,11,14H,4,6-10,12H2,1-2H3,(H,20,25). The summed E-state index contributed by atoms with van der Waals surface area (Å²) < 4.78 is 10.6. The van der Waals surface area contributed by atoms with Crippen molar-refractivity contribution in [2.24, 2.45) is 0 Å². The van der Waals surface area contributed by atoms with Crippen LogP contribution in [0.3, 0.4) is 0 Å². The number of hydrogen-bond donors (Lipinski definition) is 1. The highest BCUT2D eigenvalue weighted by atomic mass is 16.5. The molecule has 0 aliphatic carbocycles. The Morgan fingerprint density at radius 3 is 2.52 bits per heavy atom. The van der Waals surface area contributed by atoms with E-state index in [1.807, 2.05) is 23.1 Å².